The largest absolute Gasteiger partial charge is 0.384 e. The molecule has 0 aromatic carbocycles. The Hall–Kier alpha value is -0.120. The van der Waals surface area contributed by atoms with Crippen LogP contribution >= 0.6 is 0 Å². The van der Waals surface area contributed by atoms with Crippen LogP contribution in [0, 0.1) is 11.3 Å². The van der Waals surface area contributed by atoms with Crippen LogP contribution in [0.25, 0.3) is 0 Å². The predicted octanol–water partition coefficient (Wildman–Crippen LogP) is 1.07. The lowest BCUT2D eigenvalue weighted by atomic mass is 9.86. The van der Waals surface area contributed by atoms with Crippen molar-refractivity contribution in [2.45, 2.75) is 25.6 Å². The first-order valence-corrected chi connectivity index (χ1v) is 4.87. The Kier molecular flexibility index (Phi) is 2.34. The summed E-state index contributed by atoms with van der Waals surface area (Å²) < 4.78 is 16.5. The van der Waals surface area contributed by atoms with Crippen LogP contribution in [0.15, 0.2) is 0 Å². The molecule has 2 aliphatic rings. The molecule has 2 fully saturated rings. The van der Waals surface area contributed by atoms with Crippen molar-refractivity contribution in [3.05, 3.63) is 0 Å². The van der Waals surface area contributed by atoms with Gasteiger partial charge in [0.25, 0.3) is 0 Å². The highest BCUT2D eigenvalue weighted by molar-refractivity contribution is 5.06. The number of rotatable bonds is 3. The third-order valence-electron chi connectivity index (χ3n) is 3.44. The van der Waals surface area contributed by atoms with E-state index >= 15 is 0 Å². The maximum Gasteiger partial charge on any atom is 0.0935 e. The number of fused-ring (bicyclic) bond motifs is 2. The van der Waals surface area contributed by atoms with Gasteiger partial charge in [0.05, 0.1) is 25.4 Å². The van der Waals surface area contributed by atoms with Crippen LogP contribution in [0.2, 0.25) is 0 Å². The fourth-order valence-electron chi connectivity index (χ4n) is 3.03. The molecule has 4 atom stereocenters. The van der Waals surface area contributed by atoms with Gasteiger partial charge in [-0.05, 0) is 12.3 Å². The molecule has 0 radical (unpaired) electrons. The fraction of sp³-hybridized carbons (Fsp3) is 1.00. The highest BCUT2D eigenvalue weighted by Crippen LogP contribution is 2.50. The molecule has 2 bridgehead atoms. The first-order valence-electron chi connectivity index (χ1n) is 4.87. The zero-order chi connectivity index (χ0) is 9.47. The smallest absolute Gasteiger partial charge is 0.0935 e. The average molecular weight is 186 g/mol. The van der Waals surface area contributed by atoms with Crippen molar-refractivity contribution in [1.29, 1.82) is 0 Å². The van der Waals surface area contributed by atoms with E-state index in [0.29, 0.717) is 12.0 Å². The second-order valence-electron chi connectivity index (χ2n) is 4.41. The lowest BCUT2D eigenvalue weighted by Gasteiger charge is -2.28. The molecule has 4 unspecified atom stereocenters. The molecule has 1 saturated heterocycles. The van der Waals surface area contributed by atoms with E-state index in [1.54, 1.807) is 14.2 Å². The van der Waals surface area contributed by atoms with Gasteiger partial charge in [-0.1, -0.05) is 6.92 Å². The summed E-state index contributed by atoms with van der Waals surface area (Å²) in [5.74, 6) is 0.605. The summed E-state index contributed by atoms with van der Waals surface area (Å²) in [5, 5.41) is 0. The highest BCUT2D eigenvalue weighted by atomic mass is 16.6. The van der Waals surface area contributed by atoms with Gasteiger partial charge in [-0.3, -0.25) is 0 Å². The Bertz CT molecular complexity index is 195. The molecule has 1 aliphatic heterocycles. The van der Waals surface area contributed by atoms with E-state index in [4.69, 9.17) is 14.2 Å². The minimum atomic E-state index is 0.133. The van der Waals surface area contributed by atoms with E-state index < -0.39 is 0 Å². The van der Waals surface area contributed by atoms with Crippen LogP contribution in [-0.2, 0) is 14.2 Å². The van der Waals surface area contributed by atoms with Crippen LogP contribution < -0.4 is 0 Å². The molecule has 3 nitrogen and oxygen atoms in total. The van der Waals surface area contributed by atoms with Crippen molar-refractivity contribution in [2.75, 3.05) is 27.4 Å². The van der Waals surface area contributed by atoms with Gasteiger partial charge in [0, 0.05) is 19.6 Å². The number of ether oxygens (including phenoxy) is 3. The van der Waals surface area contributed by atoms with Crippen molar-refractivity contribution in [2.24, 2.45) is 11.3 Å². The number of hydrogen-bond donors (Lipinski definition) is 0. The second kappa shape index (κ2) is 3.23. The lowest BCUT2D eigenvalue weighted by Crippen LogP contribution is -2.36. The Morgan fingerprint density at radius 2 is 2.23 bits per heavy atom. The molecule has 0 aromatic heterocycles. The zero-order valence-electron chi connectivity index (χ0n) is 8.58. The Morgan fingerprint density at radius 1 is 1.46 bits per heavy atom. The molecule has 0 aromatic rings. The summed E-state index contributed by atoms with van der Waals surface area (Å²) in [4.78, 5) is 0. The average Bonchev–Trinajstić information content (AvgIpc) is 2.55. The topological polar surface area (TPSA) is 27.7 Å². The van der Waals surface area contributed by atoms with Crippen molar-refractivity contribution in [3.8, 4) is 0 Å². The summed E-state index contributed by atoms with van der Waals surface area (Å²) in [6.07, 6.45) is 1.70. The van der Waals surface area contributed by atoms with Gasteiger partial charge in [0.1, 0.15) is 0 Å². The second-order valence-corrected chi connectivity index (χ2v) is 4.41. The molecule has 3 heteroatoms. The van der Waals surface area contributed by atoms with Crippen molar-refractivity contribution in [1.82, 2.24) is 0 Å². The van der Waals surface area contributed by atoms with Gasteiger partial charge >= 0.3 is 0 Å². The maximum atomic E-state index is 5.72. The third kappa shape index (κ3) is 1.22. The fourth-order valence-corrected chi connectivity index (χ4v) is 3.03. The minimum absolute atomic E-state index is 0.133. The van der Waals surface area contributed by atoms with Crippen LogP contribution in [-0.4, -0.2) is 39.6 Å². The molecular formula is C10H18O3. The Labute approximate surface area is 79.4 Å². The lowest BCUT2D eigenvalue weighted by molar-refractivity contribution is -0.0159. The SMILES string of the molecule is COCC12COC(C(C)C1)C2OC. The van der Waals surface area contributed by atoms with E-state index in [2.05, 4.69) is 6.92 Å². The first-order chi connectivity index (χ1) is 6.23. The monoisotopic (exact) mass is 186 g/mol. The molecule has 0 N–H and O–H groups in total. The molecular weight excluding hydrogens is 168 g/mol. The van der Waals surface area contributed by atoms with E-state index in [9.17, 15) is 0 Å². The van der Waals surface area contributed by atoms with Crippen molar-refractivity contribution in [3.63, 3.8) is 0 Å². The molecule has 76 valence electrons. The number of methoxy groups -OCH3 is 2. The molecule has 0 spiro atoms. The van der Waals surface area contributed by atoms with Gasteiger partial charge in [0.2, 0.25) is 0 Å². The minimum Gasteiger partial charge on any atom is -0.384 e. The van der Waals surface area contributed by atoms with E-state index in [-0.39, 0.29) is 11.5 Å². The van der Waals surface area contributed by atoms with E-state index in [1.165, 1.54) is 6.42 Å². The normalized spacial score (nSPS) is 48.7. The van der Waals surface area contributed by atoms with Crippen LogP contribution in [0.1, 0.15) is 13.3 Å². The Balaban J connectivity index is 2.17. The molecule has 1 aliphatic carbocycles. The summed E-state index contributed by atoms with van der Waals surface area (Å²) in [5.41, 5.74) is 0.133. The maximum absolute atomic E-state index is 5.72. The van der Waals surface area contributed by atoms with Crippen LogP contribution in [0.5, 0.6) is 0 Å². The van der Waals surface area contributed by atoms with Crippen molar-refractivity contribution < 1.29 is 14.2 Å². The third-order valence-corrected chi connectivity index (χ3v) is 3.44. The quantitative estimate of drug-likeness (QED) is 0.660. The molecule has 13 heavy (non-hydrogen) atoms. The zero-order valence-corrected chi connectivity index (χ0v) is 8.58. The van der Waals surface area contributed by atoms with Gasteiger partial charge in [-0.25, -0.2) is 0 Å². The first kappa shape index (κ1) is 9.44. The van der Waals surface area contributed by atoms with Gasteiger partial charge < -0.3 is 14.2 Å². The summed E-state index contributed by atoms with van der Waals surface area (Å²) >= 11 is 0. The van der Waals surface area contributed by atoms with Crippen molar-refractivity contribution >= 4 is 0 Å². The van der Waals surface area contributed by atoms with Crippen LogP contribution in [0.4, 0.5) is 0 Å². The Morgan fingerprint density at radius 3 is 2.77 bits per heavy atom. The van der Waals surface area contributed by atoms with Gasteiger partial charge in [-0.15, -0.1) is 0 Å². The summed E-state index contributed by atoms with van der Waals surface area (Å²) in [6.45, 7) is 3.79. The molecule has 1 saturated carbocycles. The summed E-state index contributed by atoms with van der Waals surface area (Å²) in [7, 11) is 3.52. The predicted molar refractivity (Wildman–Crippen MR) is 48.6 cm³/mol. The molecule has 2 rings (SSSR count). The van der Waals surface area contributed by atoms with Gasteiger partial charge in [0.15, 0.2) is 0 Å². The van der Waals surface area contributed by atoms with Gasteiger partial charge in [-0.2, -0.15) is 0 Å². The van der Waals surface area contributed by atoms with E-state index in [0.717, 1.165) is 13.2 Å². The molecule has 1 heterocycles. The summed E-state index contributed by atoms with van der Waals surface area (Å²) in [6, 6.07) is 0. The number of hydrogen-bond acceptors (Lipinski definition) is 3. The highest BCUT2D eigenvalue weighted by Gasteiger charge is 2.58. The van der Waals surface area contributed by atoms with Crippen LogP contribution in [0.3, 0.4) is 0 Å². The standard InChI is InChI=1S/C10H18O3/c1-7-4-10(5-11-2)6-13-8(7)9(10)12-3/h7-9H,4-6H2,1-3H3. The van der Waals surface area contributed by atoms with E-state index in [1.807, 2.05) is 0 Å². The molecule has 0 amide bonds.